The largest absolute Gasteiger partial charge is 0.396 e. The Bertz CT molecular complexity index is 516. The van der Waals surface area contributed by atoms with Gasteiger partial charge in [-0.1, -0.05) is 25.1 Å². The molecule has 0 aromatic heterocycles. The second-order valence-electron chi connectivity index (χ2n) is 5.27. The third-order valence-electron chi connectivity index (χ3n) is 3.55. The fourth-order valence-corrected chi connectivity index (χ4v) is 2.44. The number of aliphatic hydroxyl groups is 1. The SMILES string of the molecule is CC(=O)N1c2ccccc2C[C@H]1C(=O)NCC(C)CO. The Morgan fingerprint density at radius 2 is 2.15 bits per heavy atom. The third kappa shape index (κ3) is 2.82. The second-order valence-corrected chi connectivity index (χ2v) is 5.27. The lowest BCUT2D eigenvalue weighted by Gasteiger charge is -2.24. The van der Waals surface area contributed by atoms with E-state index in [0.29, 0.717) is 13.0 Å². The number of para-hydroxylation sites is 1. The van der Waals surface area contributed by atoms with Gasteiger partial charge in [-0.2, -0.15) is 0 Å². The van der Waals surface area contributed by atoms with E-state index in [4.69, 9.17) is 5.11 Å². The van der Waals surface area contributed by atoms with Gasteiger partial charge in [-0.25, -0.2) is 0 Å². The highest BCUT2D eigenvalue weighted by molar-refractivity contribution is 6.02. The average Bonchev–Trinajstić information content (AvgIpc) is 2.83. The van der Waals surface area contributed by atoms with Gasteiger partial charge in [-0.05, 0) is 17.5 Å². The smallest absolute Gasteiger partial charge is 0.243 e. The summed E-state index contributed by atoms with van der Waals surface area (Å²) in [6, 6.07) is 7.08. The number of carbonyl (C=O) groups is 2. The normalized spacial score (nSPS) is 18.6. The van der Waals surface area contributed by atoms with Crippen LogP contribution in [0.5, 0.6) is 0 Å². The standard InChI is InChI=1S/C15H20N2O3/c1-10(9-18)8-16-15(20)14-7-12-5-3-4-6-13(12)17(14)11(2)19/h3-6,10,14,18H,7-9H2,1-2H3,(H,16,20)/t10?,14-/m0/s1. The van der Waals surface area contributed by atoms with E-state index < -0.39 is 6.04 Å². The van der Waals surface area contributed by atoms with E-state index in [1.165, 1.54) is 6.92 Å². The van der Waals surface area contributed by atoms with Crippen molar-refractivity contribution in [3.63, 3.8) is 0 Å². The molecule has 1 aliphatic rings. The van der Waals surface area contributed by atoms with Crippen LogP contribution >= 0.6 is 0 Å². The fraction of sp³-hybridized carbons (Fsp3) is 0.467. The number of aliphatic hydroxyl groups excluding tert-OH is 1. The first kappa shape index (κ1) is 14.5. The maximum absolute atomic E-state index is 12.3. The van der Waals surface area contributed by atoms with Crippen molar-refractivity contribution in [2.75, 3.05) is 18.1 Å². The molecule has 0 fully saturated rings. The molecular formula is C15H20N2O3. The van der Waals surface area contributed by atoms with Crippen LogP contribution in [0.2, 0.25) is 0 Å². The van der Waals surface area contributed by atoms with Gasteiger partial charge in [0.15, 0.2) is 0 Å². The van der Waals surface area contributed by atoms with Gasteiger partial charge in [0, 0.05) is 32.2 Å². The number of benzene rings is 1. The Labute approximate surface area is 118 Å². The highest BCUT2D eigenvalue weighted by atomic mass is 16.3. The number of carbonyl (C=O) groups excluding carboxylic acids is 2. The van der Waals surface area contributed by atoms with Crippen LogP contribution in [0.1, 0.15) is 19.4 Å². The zero-order chi connectivity index (χ0) is 14.7. The molecule has 0 saturated carbocycles. The minimum absolute atomic E-state index is 0.00788. The van der Waals surface area contributed by atoms with E-state index in [9.17, 15) is 9.59 Å². The minimum Gasteiger partial charge on any atom is -0.396 e. The number of hydrogen-bond acceptors (Lipinski definition) is 3. The fourth-order valence-electron chi connectivity index (χ4n) is 2.44. The summed E-state index contributed by atoms with van der Waals surface area (Å²) in [6.07, 6.45) is 0.537. The summed E-state index contributed by atoms with van der Waals surface area (Å²) in [7, 11) is 0. The van der Waals surface area contributed by atoms with E-state index in [1.54, 1.807) is 4.90 Å². The van der Waals surface area contributed by atoms with E-state index in [-0.39, 0.29) is 24.3 Å². The van der Waals surface area contributed by atoms with E-state index in [2.05, 4.69) is 5.32 Å². The lowest BCUT2D eigenvalue weighted by atomic mass is 10.1. The van der Waals surface area contributed by atoms with Gasteiger partial charge in [-0.3, -0.25) is 14.5 Å². The van der Waals surface area contributed by atoms with Crippen molar-refractivity contribution in [3.8, 4) is 0 Å². The Morgan fingerprint density at radius 3 is 2.80 bits per heavy atom. The zero-order valence-electron chi connectivity index (χ0n) is 11.8. The van der Waals surface area contributed by atoms with Crippen molar-refractivity contribution in [1.82, 2.24) is 5.32 Å². The molecule has 0 radical (unpaired) electrons. The van der Waals surface area contributed by atoms with Crippen molar-refractivity contribution in [2.45, 2.75) is 26.3 Å². The van der Waals surface area contributed by atoms with Crippen molar-refractivity contribution >= 4 is 17.5 Å². The summed E-state index contributed by atoms with van der Waals surface area (Å²) < 4.78 is 0. The van der Waals surface area contributed by atoms with Crippen LogP contribution in [0.25, 0.3) is 0 Å². The van der Waals surface area contributed by atoms with Crippen LogP contribution in [-0.2, 0) is 16.0 Å². The van der Waals surface area contributed by atoms with Gasteiger partial charge in [0.1, 0.15) is 6.04 Å². The third-order valence-corrected chi connectivity index (χ3v) is 3.55. The number of fused-ring (bicyclic) bond motifs is 1. The molecule has 2 N–H and O–H groups in total. The van der Waals surface area contributed by atoms with Gasteiger partial charge in [0.05, 0.1) is 0 Å². The van der Waals surface area contributed by atoms with Gasteiger partial charge in [0.2, 0.25) is 11.8 Å². The Morgan fingerprint density at radius 1 is 1.45 bits per heavy atom. The first-order valence-corrected chi connectivity index (χ1v) is 6.81. The molecule has 1 unspecified atom stereocenters. The van der Waals surface area contributed by atoms with Crippen molar-refractivity contribution in [1.29, 1.82) is 0 Å². The minimum atomic E-state index is -0.490. The first-order valence-electron chi connectivity index (χ1n) is 6.81. The number of anilines is 1. The van der Waals surface area contributed by atoms with Gasteiger partial charge < -0.3 is 10.4 Å². The summed E-state index contributed by atoms with van der Waals surface area (Å²) >= 11 is 0. The van der Waals surface area contributed by atoms with Gasteiger partial charge in [0.25, 0.3) is 0 Å². The van der Waals surface area contributed by atoms with Crippen LogP contribution in [0, 0.1) is 5.92 Å². The topological polar surface area (TPSA) is 69.6 Å². The number of nitrogens with zero attached hydrogens (tertiary/aromatic N) is 1. The summed E-state index contributed by atoms with van der Waals surface area (Å²) in [5, 5.41) is 11.8. The Kier molecular flexibility index (Phi) is 4.39. The zero-order valence-corrected chi connectivity index (χ0v) is 11.8. The van der Waals surface area contributed by atoms with Crippen LogP contribution in [0.4, 0.5) is 5.69 Å². The van der Waals surface area contributed by atoms with Crippen molar-refractivity contribution in [3.05, 3.63) is 29.8 Å². The van der Waals surface area contributed by atoms with Crippen LogP contribution < -0.4 is 10.2 Å². The Balaban J connectivity index is 2.13. The van der Waals surface area contributed by atoms with E-state index in [1.807, 2.05) is 31.2 Å². The lowest BCUT2D eigenvalue weighted by molar-refractivity contribution is -0.125. The van der Waals surface area contributed by atoms with Crippen LogP contribution in [0.15, 0.2) is 24.3 Å². The number of amides is 2. The first-order chi connectivity index (χ1) is 9.54. The molecule has 5 heteroatoms. The summed E-state index contributed by atoms with van der Waals surface area (Å²) in [4.78, 5) is 25.6. The lowest BCUT2D eigenvalue weighted by Crippen LogP contribution is -2.48. The highest BCUT2D eigenvalue weighted by Crippen LogP contribution is 2.32. The molecule has 2 atom stereocenters. The number of rotatable bonds is 4. The molecule has 0 saturated heterocycles. The summed E-state index contributed by atoms with van der Waals surface area (Å²) in [5.74, 6) is -0.296. The molecule has 5 nitrogen and oxygen atoms in total. The second kappa shape index (κ2) is 6.05. The summed E-state index contributed by atoms with van der Waals surface area (Å²) in [6.45, 7) is 3.76. The van der Waals surface area contributed by atoms with Crippen LogP contribution in [-0.4, -0.2) is 36.1 Å². The maximum Gasteiger partial charge on any atom is 0.243 e. The molecule has 0 aliphatic carbocycles. The molecule has 1 heterocycles. The molecule has 1 aromatic rings. The molecule has 20 heavy (non-hydrogen) atoms. The predicted octanol–water partition coefficient (Wildman–Crippen LogP) is 0.709. The van der Waals surface area contributed by atoms with Gasteiger partial charge >= 0.3 is 0 Å². The summed E-state index contributed by atoms with van der Waals surface area (Å²) in [5.41, 5.74) is 1.83. The molecule has 2 rings (SSSR count). The molecule has 1 aromatic carbocycles. The van der Waals surface area contributed by atoms with E-state index >= 15 is 0 Å². The quantitative estimate of drug-likeness (QED) is 0.851. The number of hydrogen-bond donors (Lipinski definition) is 2. The molecule has 108 valence electrons. The van der Waals surface area contributed by atoms with Crippen molar-refractivity contribution in [2.24, 2.45) is 5.92 Å². The average molecular weight is 276 g/mol. The van der Waals surface area contributed by atoms with Crippen molar-refractivity contribution < 1.29 is 14.7 Å². The van der Waals surface area contributed by atoms with E-state index in [0.717, 1.165) is 11.3 Å². The highest BCUT2D eigenvalue weighted by Gasteiger charge is 2.36. The molecule has 1 aliphatic heterocycles. The van der Waals surface area contributed by atoms with Crippen LogP contribution in [0.3, 0.4) is 0 Å². The maximum atomic E-state index is 12.3. The predicted molar refractivity (Wildman–Crippen MR) is 76.4 cm³/mol. The molecule has 2 amide bonds. The monoisotopic (exact) mass is 276 g/mol. The molecule has 0 spiro atoms. The molecular weight excluding hydrogens is 256 g/mol. The van der Waals surface area contributed by atoms with Gasteiger partial charge in [-0.15, -0.1) is 0 Å². The molecule has 0 bridgehead atoms. The number of nitrogens with one attached hydrogen (secondary N) is 1. The Hall–Kier alpha value is -1.88.